The number of nitrogens with one attached hydrogen (secondary N) is 1. The van der Waals surface area contributed by atoms with Crippen molar-refractivity contribution in [2.45, 2.75) is 44.8 Å². The molecule has 0 radical (unpaired) electrons. The minimum absolute atomic E-state index is 0.173. The molecule has 146 valence electrons. The zero-order valence-electron chi connectivity index (χ0n) is 16.2. The fourth-order valence-electron chi connectivity index (χ4n) is 4.56. The lowest BCUT2D eigenvalue weighted by Gasteiger charge is -2.15. The Morgan fingerprint density at radius 2 is 2.21 bits per heavy atom. The first-order chi connectivity index (χ1) is 14.3. The molecule has 7 heteroatoms. The van der Waals surface area contributed by atoms with E-state index in [4.69, 9.17) is 10.00 Å². The van der Waals surface area contributed by atoms with Gasteiger partial charge in [-0.05, 0) is 42.5 Å². The Bertz CT molecular complexity index is 1200. The van der Waals surface area contributed by atoms with Gasteiger partial charge in [0.2, 0.25) is 0 Å². The molecule has 0 saturated heterocycles. The highest BCUT2D eigenvalue weighted by Gasteiger charge is 2.37. The molecule has 3 atom stereocenters. The summed E-state index contributed by atoms with van der Waals surface area (Å²) in [7, 11) is 0. The van der Waals surface area contributed by atoms with Gasteiger partial charge in [-0.1, -0.05) is 25.5 Å². The quantitative estimate of drug-likeness (QED) is 0.560. The van der Waals surface area contributed by atoms with E-state index in [1.165, 1.54) is 0 Å². The standard InChI is InChI=1S/C22H22N6O/c1-2-16-9-17(29-13-15-5-3-4-14(8-15)11-23)10-18(16)22-27-26-20-12-25-21-19(28(20)22)6-7-24-21/h3-8,12,16-18,24H,2,9-10,13H2,1H3/t16-,17-,18+/m1/s1. The molecule has 7 nitrogen and oxygen atoms in total. The van der Waals surface area contributed by atoms with Crippen LogP contribution in [0.15, 0.2) is 42.7 Å². The van der Waals surface area contributed by atoms with Gasteiger partial charge in [0.05, 0.1) is 36.1 Å². The third-order valence-corrected chi connectivity index (χ3v) is 6.02. The molecule has 0 spiro atoms. The number of ether oxygens (including phenoxy) is 1. The third-order valence-electron chi connectivity index (χ3n) is 6.02. The molecule has 1 N–H and O–H groups in total. The van der Waals surface area contributed by atoms with Gasteiger partial charge >= 0.3 is 0 Å². The maximum atomic E-state index is 9.08. The van der Waals surface area contributed by atoms with Crippen molar-refractivity contribution < 1.29 is 4.74 Å². The van der Waals surface area contributed by atoms with E-state index < -0.39 is 0 Å². The summed E-state index contributed by atoms with van der Waals surface area (Å²) in [6, 6.07) is 11.8. The van der Waals surface area contributed by atoms with Gasteiger partial charge < -0.3 is 9.72 Å². The number of hydrogen-bond donors (Lipinski definition) is 1. The normalized spacial score (nSPS) is 21.7. The second kappa shape index (κ2) is 7.30. The van der Waals surface area contributed by atoms with Crippen molar-refractivity contribution in [1.82, 2.24) is 24.6 Å². The molecule has 1 aliphatic rings. The molecule has 3 heterocycles. The number of nitriles is 1. The number of fused-ring (bicyclic) bond motifs is 3. The van der Waals surface area contributed by atoms with Crippen LogP contribution in [0.3, 0.4) is 0 Å². The Hall–Kier alpha value is -3.24. The molecule has 29 heavy (non-hydrogen) atoms. The average molecular weight is 386 g/mol. The van der Waals surface area contributed by atoms with Crippen molar-refractivity contribution in [3.05, 3.63) is 59.7 Å². The minimum Gasteiger partial charge on any atom is -0.374 e. The zero-order chi connectivity index (χ0) is 19.8. The maximum absolute atomic E-state index is 9.08. The van der Waals surface area contributed by atoms with Crippen LogP contribution in [-0.2, 0) is 11.3 Å². The van der Waals surface area contributed by atoms with Crippen LogP contribution in [0.25, 0.3) is 16.8 Å². The predicted octanol–water partition coefficient (Wildman–Crippen LogP) is 3.97. The van der Waals surface area contributed by atoms with Gasteiger partial charge in [0.1, 0.15) is 5.82 Å². The van der Waals surface area contributed by atoms with E-state index in [-0.39, 0.29) is 6.10 Å². The van der Waals surface area contributed by atoms with E-state index in [2.05, 4.69) is 37.6 Å². The molecule has 1 saturated carbocycles. The third kappa shape index (κ3) is 3.15. The van der Waals surface area contributed by atoms with E-state index in [0.29, 0.717) is 24.0 Å². The van der Waals surface area contributed by atoms with Crippen molar-refractivity contribution in [2.75, 3.05) is 0 Å². The van der Waals surface area contributed by atoms with E-state index in [1.54, 1.807) is 6.20 Å². The first-order valence-corrected chi connectivity index (χ1v) is 10.0. The highest BCUT2D eigenvalue weighted by atomic mass is 16.5. The Kier molecular flexibility index (Phi) is 4.49. The van der Waals surface area contributed by atoms with Crippen molar-refractivity contribution in [2.24, 2.45) is 5.92 Å². The number of aromatic amines is 1. The summed E-state index contributed by atoms with van der Waals surface area (Å²) < 4.78 is 8.38. The number of H-pyrrole nitrogens is 1. The zero-order valence-corrected chi connectivity index (χ0v) is 16.2. The SMILES string of the molecule is CC[C@@H]1C[C@@H](OCc2cccc(C#N)c2)C[C@@H]1c1nnc2cnc3[nH]ccc3n12. The molecular formula is C22H22N6O. The second-order valence-electron chi connectivity index (χ2n) is 7.71. The number of nitrogens with zero attached hydrogens (tertiary/aromatic N) is 5. The van der Waals surface area contributed by atoms with Crippen LogP contribution in [-0.4, -0.2) is 30.7 Å². The van der Waals surface area contributed by atoms with E-state index >= 15 is 0 Å². The minimum atomic E-state index is 0.173. The smallest absolute Gasteiger partial charge is 0.179 e. The summed E-state index contributed by atoms with van der Waals surface area (Å²) in [4.78, 5) is 7.58. The van der Waals surface area contributed by atoms with Crippen molar-refractivity contribution in [3.8, 4) is 6.07 Å². The number of benzene rings is 1. The Labute approximate surface area is 168 Å². The molecule has 1 aliphatic carbocycles. The average Bonchev–Trinajstić information content (AvgIpc) is 3.48. The van der Waals surface area contributed by atoms with Crippen LogP contribution in [0, 0.1) is 17.2 Å². The van der Waals surface area contributed by atoms with Gasteiger partial charge in [-0.2, -0.15) is 5.26 Å². The van der Waals surface area contributed by atoms with Crippen molar-refractivity contribution >= 4 is 16.8 Å². The Morgan fingerprint density at radius 3 is 3.07 bits per heavy atom. The van der Waals surface area contributed by atoms with Crippen LogP contribution < -0.4 is 0 Å². The Balaban J connectivity index is 1.39. The topological polar surface area (TPSA) is 91.9 Å². The van der Waals surface area contributed by atoms with E-state index in [1.807, 2.05) is 36.5 Å². The monoisotopic (exact) mass is 386 g/mol. The summed E-state index contributed by atoms with van der Waals surface area (Å²) in [6.07, 6.45) is 6.84. The molecule has 0 bridgehead atoms. The molecule has 5 rings (SSSR count). The molecule has 3 aromatic heterocycles. The molecular weight excluding hydrogens is 364 g/mol. The predicted molar refractivity (Wildman–Crippen MR) is 108 cm³/mol. The van der Waals surface area contributed by atoms with Crippen LogP contribution in [0.5, 0.6) is 0 Å². The molecule has 1 fully saturated rings. The summed E-state index contributed by atoms with van der Waals surface area (Å²) in [5.41, 5.74) is 4.33. The van der Waals surface area contributed by atoms with Crippen LogP contribution in [0.1, 0.15) is 49.1 Å². The van der Waals surface area contributed by atoms with Crippen molar-refractivity contribution in [1.29, 1.82) is 5.26 Å². The summed E-state index contributed by atoms with van der Waals surface area (Å²) in [5.74, 6) is 1.79. The van der Waals surface area contributed by atoms with Gasteiger partial charge in [0.15, 0.2) is 11.3 Å². The molecule has 4 aromatic rings. The summed E-state index contributed by atoms with van der Waals surface area (Å²) >= 11 is 0. The van der Waals surface area contributed by atoms with Crippen LogP contribution in [0.4, 0.5) is 0 Å². The van der Waals surface area contributed by atoms with Crippen LogP contribution >= 0.6 is 0 Å². The number of hydrogen-bond acceptors (Lipinski definition) is 5. The van der Waals surface area contributed by atoms with E-state index in [0.717, 1.165) is 47.5 Å². The largest absolute Gasteiger partial charge is 0.374 e. The molecule has 1 aromatic carbocycles. The number of rotatable bonds is 5. The first-order valence-electron chi connectivity index (χ1n) is 10.0. The fraction of sp³-hybridized carbons (Fsp3) is 0.364. The van der Waals surface area contributed by atoms with Gasteiger partial charge in [-0.3, -0.25) is 4.40 Å². The van der Waals surface area contributed by atoms with Gasteiger partial charge in [-0.25, -0.2) is 4.98 Å². The highest BCUT2D eigenvalue weighted by Crippen LogP contribution is 2.42. The lowest BCUT2D eigenvalue weighted by Crippen LogP contribution is -2.10. The maximum Gasteiger partial charge on any atom is 0.179 e. The van der Waals surface area contributed by atoms with E-state index in [9.17, 15) is 0 Å². The van der Waals surface area contributed by atoms with Gasteiger partial charge in [0, 0.05) is 12.1 Å². The lowest BCUT2D eigenvalue weighted by atomic mass is 9.93. The second-order valence-corrected chi connectivity index (χ2v) is 7.71. The summed E-state index contributed by atoms with van der Waals surface area (Å²) in [6.45, 7) is 2.75. The molecule has 0 amide bonds. The molecule has 0 aliphatic heterocycles. The van der Waals surface area contributed by atoms with Gasteiger partial charge in [0.25, 0.3) is 0 Å². The van der Waals surface area contributed by atoms with Gasteiger partial charge in [-0.15, -0.1) is 10.2 Å². The fourth-order valence-corrected chi connectivity index (χ4v) is 4.56. The number of aromatic nitrogens is 5. The summed E-state index contributed by atoms with van der Waals surface area (Å²) in [5, 5.41) is 18.0. The molecule has 0 unspecified atom stereocenters. The Morgan fingerprint density at radius 1 is 1.28 bits per heavy atom. The highest BCUT2D eigenvalue weighted by molar-refractivity contribution is 5.74. The first kappa shape index (κ1) is 17.8. The van der Waals surface area contributed by atoms with Crippen LogP contribution in [0.2, 0.25) is 0 Å². The lowest BCUT2D eigenvalue weighted by molar-refractivity contribution is 0.0422. The van der Waals surface area contributed by atoms with Crippen molar-refractivity contribution in [3.63, 3.8) is 0 Å².